The maximum Gasteiger partial charge on any atom is 0.199 e. The van der Waals surface area contributed by atoms with E-state index in [0.29, 0.717) is 11.5 Å². The highest BCUT2D eigenvalue weighted by atomic mass is 16.5. The van der Waals surface area contributed by atoms with Crippen molar-refractivity contribution in [3.63, 3.8) is 0 Å². The molecule has 5 rings (SSSR count). The third-order valence-electron chi connectivity index (χ3n) is 4.44. The molecule has 0 amide bonds. The Labute approximate surface area is 154 Å². The molecule has 5 heterocycles. The zero-order valence-corrected chi connectivity index (χ0v) is 14.4. The van der Waals surface area contributed by atoms with Crippen molar-refractivity contribution >= 4 is 23.0 Å². The number of aromatic nitrogens is 7. The Hall–Kier alpha value is -3.53. The van der Waals surface area contributed by atoms with E-state index in [4.69, 9.17) is 4.74 Å². The standard InChI is InChI=1S/C17H17N9O/c1-2-15(25-3-5-27-6-4-25)18-9-13(1)24-16-17-20-11-23-26(17)14(10-19-16)12-7-21-22-8-12/h1-2,7-11H,3-6H2,(H,19,24)(H,21,22). The first-order valence-corrected chi connectivity index (χ1v) is 8.62. The summed E-state index contributed by atoms with van der Waals surface area (Å²) in [6.45, 7) is 3.19. The molecule has 0 atom stereocenters. The zero-order chi connectivity index (χ0) is 18.1. The molecule has 0 saturated carbocycles. The minimum Gasteiger partial charge on any atom is -0.378 e. The number of morpholine rings is 1. The largest absolute Gasteiger partial charge is 0.378 e. The van der Waals surface area contributed by atoms with Gasteiger partial charge in [0.1, 0.15) is 12.1 Å². The summed E-state index contributed by atoms with van der Waals surface area (Å²) in [5, 5.41) is 14.3. The fraction of sp³-hybridized carbons (Fsp3) is 0.235. The van der Waals surface area contributed by atoms with E-state index in [-0.39, 0.29) is 0 Å². The first-order chi connectivity index (χ1) is 13.4. The van der Waals surface area contributed by atoms with Crippen molar-refractivity contribution in [3.05, 3.63) is 43.2 Å². The molecule has 0 radical (unpaired) electrons. The van der Waals surface area contributed by atoms with Crippen LogP contribution >= 0.6 is 0 Å². The molecule has 1 aliphatic heterocycles. The fourth-order valence-corrected chi connectivity index (χ4v) is 3.07. The summed E-state index contributed by atoms with van der Waals surface area (Å²) < 4.78 is 7.11. The normalized spacial score (nSPS) is 14.6. The van der Waals surface area contributed by atoms with E-state index < -0.39 is 0 Å². The van der Waals surface area contributed by atoms with Crippen LogP contribution < -0.4 is 10.2 Å². The number of hydrogen-bond donors (Lipinski definition) is 2. The summed E-state index contributed by atoms with van der Waals surface area (Å²) in [6.07, 6.45) is 8.55. The molecule has 0 aromatic carbocycles. The number of anilines is 3. The average Bonchev–Trinajstić information content (AvgIpc) is 3.42. The minimum absolute atomic E-state index is 0.612. The zero-order valence-electron chi connectivity index (χ0n) is 14.4. The van der Waals surface area contributed by atoms with Gasteiger partial charge in [-0.15, -0.1) is 0 Å². The number of fused-ring (bicyclic) bond motifs is 1. The second kappa shape index (κ2) is 6.65. The van der Waals surface area contributed by atoms with Crippen molar-refractivity contribution in [2.24, 2.45) is 0 Å². The van der Waals surface area contributed by atoms with Gasteiger partial charge >= 0.3 is 0 Å². The van der Waals surface area contributed by atoms with Crippen molar-refractivity contribution in [1.29, 1.82) is 0 Å². The van der Waals surface area contributed by atoms with Gasteiger partial charge in [0.05, 0.1) is 43.2 Å². The van der Waals surface area contributed by atoms with E-state index in [1.165, 1.54) is 6.33 Å². The number of nitrogens with one attached hydrogen (secondary N) is 2. The van der Waals surface area contributed by atoms with Gasteiger partial charge in [-0.2, -0.15) is 10.2 Å². The predicted molar refractivity (Wildman–Crippen MR) is 98.9 cm³/mol. The molecule has 0 unspecified atom stereocenters. The molecule has 1 fully saturated rings. The van der Waals surface area contributed by atoms with Gasteiger partial charge in [-0.1, -0.05) is 0 Å². The SMILES string of the molecule is c1nc2c(Nc3ccc(N4CCOCC4)nc3)ncc(-c3cn[nH]c3)n2n1. The van der Waals surface area contributed by atoms with Crippen molar-refractivity contribution in [2.45, 2.75) is 0 Å². The Balaban J connectivity index is 1.42. The topological polar surface area (TPSA) is 109 Å². The van der Waals surface area contributed by atoms with Gasteiger partial charge in [0.25, 0.3) is 0 Å². The van der Waals surface area contributed by atoms with E-state index in [1.54, 1.807) is 29.3 Å². The Kier molecular flexibility index (Phi) is 3.87. The summed E-state index contributed by atoms with van der Waals surface area (Å²) in [7, 11) is 0. The van der Waals surface area contributed by atoms with Crippen LogP contribution in [0.5, 0.6) is 0 Å². The molecule has 0 bridgehead atoms. The van der Waals surface area contributed by atoms with Crippen LogP contribution in [-0.4, -0.2) is 61.1 Å². The average molecular weight is 363 g/mol. The minimum atomic E-state index is 0.612. The molecule has 0 spiro atoms. The summed E-state index contributed by atoms with van der Waals surface area (Å²) in [6, 6.07) is 3.98. The number of hydrogen-bond acceptors (Lipinski definition) is 8. The third-order valence-corrected chi connectivity index (χ3v) is 4.44. The first-order valence-electron chi connectivity index (χ1n) is 8.62. The van der Waals surface area contributed by atoms with Crippen LogP contribution in [0, 0.1) is 0 Å². The highest BCUT2D eigenvalue weighted by Gasteiger charge is 2.14. The number of nitrogens with zero attached hydrogens (tertiary/aromatic N) is 7. The van der Waals surface area contributed by atoms with Gasteiger partial charge < -0.3 is 15.0 Å². The quantitative estimate of drug-likeness (QED) is 0.561. The number of ether oxygens (including phenoxy) is 1. The smallest absolute Gasteiger partial charge is 0.199 e. The maximum atomic E-state index is 5.38. The first kappa shape index (κ1) is 15.7. The summed E-state index contributed by atoms with van der Waals surface area (Å²) in [5.41, 5.74) is 3.16. The van der Waals surface area contributed by atoms with Crippen molar-refractivity contribution in [2.75, 3.05) is 36.5 Å². The van der Waals surface area contributed by atoms with Gasteiger partial charge in [0, 0.05) is 24.8 Å². The van der Waals surface area contributed by atoms with Gasteiger partial charge in [-0.25, -0.2) is 19.5 Å². The van der Waals surface area contributed by atoms with Gasteiger partial charge in [-0.05, 0) is 12.1 Å². The third kappa shape index (κ3) is 2.95. The van der Waals surface area contributed by atoms with Crippen LogP contribution in [0.4, 0.5) is 17.3 Å². The molecule has 4 aromatic heterocycles. The highest BCUT2D eigenvalue weighted by Crippen LogP contribution is 2.24. The second-order valence-electron chi connectivity index (χ2n) is 6.10. The van der Waals surface area contributed by atoms with E-state index >= 15 is 0 Å². The van der Waals surface area contributed by atoms with Crippen LogP contribution in [0.2, 0.25) is 0 Å². The molecule has 4 aromatic rings. The van der Waals surface area contributed by atoms with Crippen LogP contribution in [0.3, 0.4) is 0 Å². The number of aromatic amines is 1. The lowest BCUT2D eigenvalue weighted by Crippen LogP contribution is -2.36. The molecule has 136 valence electrons. The van der Waals surface area contributed by atoms with Gasteiger partial charge in [0.2, 0.25) is 0 Å². The van der Waals surface area contributed by atoms with Gasteiger partial charge in [0.15, 0.2) is 11.5 Å². The van der Waals surface area contributed by atoms with Crippen molar-refractivity contribution < 1.29 is 4.74 Å². The second-order valence-corrected chi connectivity index (χ2v) is 6.10. The summed E-state index contributed by atoms with van der Waals surface area (Å²) >= 11 is 0. The summed E-state index contributed by atoms with van der Waals surface area (Å²) in [4.78, 5) is 15.6. The lowest BCUT2D eigenvalue weighted by atomic mass is 10.3. The van der Waals surface area contributed by atoms with Crippen LogP contribution in [0.15, 0.2) is 43.2 Å². The number of pyridine rings is 1. The molecule has 2 N–H and O–H groups in total. The molecule has 1 aliphatic rings. The Morgan fingerprint density at radius 3 is 2.74 bits per heavy atom. The molecule has 10 heteroatoms. The fourth-order valence-electron chi connectivity index (χ4n) is 3.07. The Morgan fingerprint density at radius 1 is 1.04 bits per heavy atom. The summed E-state index contributed by atoms with van der Waals surface area (Å²) in [5.74, 6) is 1.56. The van der Waals surface area contributed by atoms with Gasteiger partial charge in [-0.3, -0.25) is 5.10 Å². The van der Waals surface area contributed by atoms with E-state index in [2.05, 4.69) is 40.5 Å². The monoisotopic (exact) mass is 363 g/mol. The predicted octanol–water partition coefficient (Wildman–Crippen LogP) is 1.49. The molecule has 0 aliphatic carbocycles. The highest BCUT2D eigenvalue weighted by molar-refractivity contribution is 5.73. The molecular formula is C17H17N9O. The van der Waals surface area contributed by atoms with Crippen LogP contribution in [-0.2, 0) is 4.74 Å². The molecule has 1 saturated heterocycles. The molecule has 27 heavy (non-hydrogen) atoms. The van der Waals surface area contributed by atoms with E-state index in [1.807, 2.05) is 12.1 Å². The Morgan fingerprint density at radius 2 is 1.96 bits per heavy atom. The van der Waals surface area contributed by atoms with Crippen molar-refractivity contribution in [3.8, 4) is 11.3 Å². The van der Waals surface area contributed by atoms with E-state index in [0.717, 1.165) is 49.1 Å². The molecule has 10 nitrogen and oxygen atoms in total. The van der Waals surface area contributed by atoms with Crippen LogP contribution in [0.1, 0.15) is 0 Å². The Bertz CT molecular complexity index is 1040. The lowest BCUT2D eigenvalue weighted by Gasteiger charge is -2.27. The number of H-pyrrole nitrogens is 1. The lowest BCUT2D eigenvalue weighted by molar-refractivity contribution is 0.122. The molecular weight excluding hydrogens is 346 g/mol. The van der Waals surface area contributed by atoms with E-state index in [9.17, 15) is 0 Å². The maximum absolute atomic E-state index is 5.38. The van der Waals surface area contributed by atoms with Crippen LogP contribution in [0.25, 0.3) is 16.9 Å². The van der Waals surface area contributed by atoms with Crippen molar-refractivity contribution in [1.82, 2.24) is 34.8 Å². The number of rotatable bonds is 4.